The number of amides is 2. The van der Waals surface area contributed by atoms with E-state index in [0.29, 0.717) is 12.5 Å². The monoisotopic (exact) mass is 228 g/mol. The Morgan fingerprint density at radius 1 is 1.50 bits per heavy atom. The molecule has 0 spiro atoms. The van der Waals surface area contributed by atoms with Crippen molar-refractivity contribution in [3.8, 4) is 0 Å². The highest BCUT2D eigenvalue weighted by atomic mass is 16.4. The lowest BCUT2D eigenvalue weighted by molar-refractivity contribution is -0.137. The summed E-state index contributed by atoms with van der Waals surface area (Å²) in [6.07, 6.45) is 2.37. The van der Waals surface area contributed by atoms with E-state index in [4.69, 9.17) is 5.11 Å². The topological polar surface area (TPSA) is 69.6 Å². The minimum atomic E-state index is -0.891. The van der Waals surface area contributed by atoms with Crippen molar-refractivity contribution in [3.05, 3.63) is 0 Å². The van der Waals surface area contributed by atoms with E-state index >= 15 is 0 Å². The van der Waals surface area contributed by atoms with E-state index in [1.165, 1.54) is 12.8 Å². The number of carbonyl (C=O) groups is 2. The highest BCUT2D eigenvalue weighted by molar-refractivity contribution is 5.75. The summed E-state index contributed by atoms with van der Waals surface area (Å²) >= 11 is 0. The van der Waals surface area contributed by atoms with Gasteiger partial charge in [-0.2, -0.15) is 0 Å². The maximum absolute atomic E-state index is 11.8. The minimum Gasteiger partial charge on any atom is -0.481 e. The predicted molar refractivity (Wildman–Crippen MR) is 60.2 cm³/mol. The fourth-order valence-corrected chi connectivity index (χ4v) is 1.58. The van der Waals surface area contributed by atoms with Gasteiger partial charge in [-0.3, -0.25) is 4.79 Å². The van der Waals surface area contributed by atoms with Gasteiger partial charge in [0.2, 0.25) is 0 Å². The number of aliphatic carboxylic acids is 1. The van der Waals surface area contributed by atoms with E-state index in [9.17, 15) is 9.59 Å². The molecular weight excluding hydrogens is 208 g/mol. The van der Waals surface area contributed by atoms with Crippen LogP contribution in [0.25, 0.3) is 0 Å². The van der Waals surface area contributed by atoms with Gasteiger partial charge >= 0.3 is 12.0 Å². The van der Waals surface area contributed by atoms with Crippen molar-refractivity contribution in [3.63, 3.8) is 0 Å². The van der Waals surface area contributed by atoms with E-state index in [1.54, 1.807) is 11.8 Å². The maximum Gasteiger partial charge on any atom is 0.317 e. The lowest BCUT2D eigenvalue weighted by Gasteiger charge is -2.23. The first-order valence-corrected chi connectivity index (χ1v) is 5.80. The average molecular weight is 228 g/mol. The van der Waals surface area contributed by atoms with Crippen LogP contribution in [-0.2, 0) is 4.79 Å². The molecule has 5 heteroatoms. The number of nitrogens with zero attached hydrogens (tertiary/aromatic N) is 1. The number of hydrogen-bond donors (Lipinski definition) is 2. The Bertz CT molecular complexity index is 264. The molecule has 1 atom stereocenters. The molecule has 0 aliphatic heterocycles. The molecule has 0 bridgehead atoms. The Morgan fingerprint density at radius 2 is 2.12 bits per heavy atom. The molecule has 0 saturated heterocycles. The second-order valence-electron chi connectivity index (χ2n) is 4.43. The summed E-state index contributed by atoms with van der Waals surface area (Å²) in [5.74, 6) is -0.237. The first kappa shape index (κ1) is 12.8. The van der Waals surface area contributed by atoms with Gasteiger partial charge in [-0.1, -0.05) is 0 Å². The summed E-state index contributed by atoms with van der Waals surface area (Å²) in [5, 5.41) is 11.3. The van der Waals surface area contributed by atoms with Crippen molar-refractivity contribution in [2.24, 2.45) is 5.92 Å². The average Bonchev–Trinajstić information content (AvgIpc) is 2.95. The van der Waals surface area contributed by atoms with Gasteiger partial charge in [-0.15, -0.1) is 0 Å². The third-order valence-electron chi connectivity index (χ3n) is 2.70. The van der Waals surface area contributed by atoms with Crippen molar-refractivity contribution in [1.29, 1.82) is 0 Å². The third kappa shape index (κ3) is 4.51. The fraction of sp³-hybridized carbons (Fsp3) is 0.818. The molecule has 1 aliphatic carbocycles. The Kier molecular flexibility index (Phi) is 4.58. The van der Waals surface area contributed by atoms with Crippen LogP contribution in [0.15, 0.2) is 0 Å². The molecule has 0 heterocycles. The van der Waals surface area contributed by atoms with E-state index < -0.39 is 5.97 Å². The molecule has 1 aliphatic rings. The molecular formula is C11H20N2O3. The molecule has 16 heavy (non-hydrogen) atoms. The molecule has 2 amide bonds. The Balaban J connectivity index is 2.32. The van der Waals surface area contributed by atoms with Crippen LogP contribution in [0.3, 0.4) is 0 Å². The molecule has 0 radical (unpaired) electrons. The molecule has 0 aromatic carbocycles. The van der Waals surface area contributed by atoms with E-state index in [2.05, 4.69) is 5.32 Å². The molecule has 0 aromatic heterocycles. The van der Waals surface area contributed by atoms with Crippen LogP contribution in [0.1, 0.15) is 33.1 Å². The number of nitrogens with one attached hydrogen (secondary N) is 1. The standard InChI is InChI=1S/C11H20N2O3/c1-3-13(7-9-4-5-9)11(16)12-8(2)6-10(14)15/h8-9H,3-7H2,1-2H3,(H,12,16)(H,14,15). The number of rotatable bonds is 6. The van der Waals surface area contributed by atoms with Crippen molar-refractivity contribution >= 4 is 12.0 Å². The minimum absolute atomic E-state index is 0.0350. The molecule has 1 rings (SSSR count). The molecule has 2 N–H and O–H groups in total. The molecule has 0 aromatic rings. The SMILES string of the molecule is CCN(CC1CC1)C(=O)NC(C)CC(=O)O. The van der Waals surface area contributed by atoms with Crippen molar-refractivity contribution in [1.82, 2.24) is 10.2 Å². The molecule has 1 fully saturated rings. The van der Waals surface area contributed by atoms with Crippen LogP contribution in [0.2, 0.25) is 0 Å². The van der Waals surface area contributed by atoms with Gasteiger partial charge in [0.15, 0.2) is 0 Å². The van der Waals surface area contributed by atoms with Crippen molar-refractivity contribution in [2.75, 3.05) is 13.1 Å². The van der Waals surface area contributed by atoms with E-state index in [0.717, 1.165) is 6.54 Å². The van der Waals surface area contributed by atoms with Gasteiger partial charge in [0.05, 0.1) is 6.42 Å². The lowest BCUT2D eigenvalue weighted by atomic mass is 10.2. The number of carboxylic acid groups (broad SMARTS) is 1. The Morgan fingerprint density at radius 3 is 2.56 bits per heavy atom. The largest absolute Gasteiger partial charge is 0.481 e. The summed E-state index contributed by atoms with van der Waals surface area (Å²) in [7, 11) is 0. The predicted octanol–water partition coefficient (Wildman–Crippen LogP) is 1.29. The first-order chi connectivity index (χ1) is 7.52. The number of hydrogen-bond acceptors (Lipinski definition) is 2. The van der Waals surface area contributed by atoms with Gasteiger partial charge in [0, 0.05) is 19.1 Å². The highest BCUT2D eigenvalue weighted by Gasteiger charge is 2.26. The van der Waals surface area contributed by atoms with Crippen LogP contribution in [0.5, 0.6) is 0 Å². The highest BCUT2D eigenvalue weighted by Crippen LogP contribution is 2.29. The lowest BCUT2D eigenvalue weighted by Crippen LogP contribution is -2.45. The van der Waals surface area contributed by atoms with Crippen LogP contribution in [-0.4, -0.2) is 41.1 Å². The van der Waals surface area contributed by atoms with Gasteiger partial charge in [0.1, 0.15) is 0 Å². The van der Waals surface area contributed by atoms with Gasteiger partial charge < -0.3 is 15.3 Å². The van der Waals surface area contributed by atoms with Gasteiger partial charge in [0.25, 0.3) is 0 Å². The van der Waals surface area contributed by atoms with Crippen LogP contribution in [0, 0.1) is 5.92 Å². The fourth-order valence-electron chi connectivity index (χ4n) is 1.58. The third-order valence-corrected chi connectivity index (χ3v) is 2.70. The second-order valence-corrected chi connectivity index (χ2v) is 4.43. The Hall–Kier alpha value is -1.26. The quantitative estimate of drug-likeness (QED) is 0.719. The summed E-state index contributed by atoms with van der Waals surface area (Å²) in [4.78, 5) is 24.0. The zero-order valence-electron chi connectivity index (χ0n) is 9.90. The number of urea groups is 1. The first-order valence-electron chi connectivity index (χ1n) is 5.80. The van der Waals surface area contributed by atoms with Gasteiger partial charge in [-0.05, 0) is 32.6 Å². The van der Waals surface area contributed by atoms with Crippen LogP contribution in [0.4, 0.5) is 4.79 Å². The second kappa shape index (κ2) is 5.72. The summed E-state index contributed by atoms with van der Waals surface area (Å²) in [5.41, 5.74) is 0. The number of carboxylic acids is 1. The summed E-state index contributed by atoms with van der Waals surface area (Å²) in [6.45, 7) is 5.10. The molecule has 1 unspecified atom stereocenters. The molecule has 92 valence electrons. The van der Waals surface area contributed by atoms with E-state index in [1.807, 2.05) is 6.92 Å². The smallest absolute Gasteiger partial charge is 0.317 e. The van der Waals surface area contributed by atoms with Crippen LogP contribution < -0.4 is 5.32 Å². The van der Waals surface area contributed by atoms with Gasteiger partial charge in [-0.25, -0.2) is 4.79 Å². The van der Waals surface area contributed by atoms with Crippen molar-refractivity contribution < 1.29 is 14.7 Å². The maximum atomic E-state index is 11.8. The van der Waals surface area contributed by atoms with Crippen LogP contribution >= 0.6 is 0 Å². The zero-order chi connectivity index (χ0) is 12.1. The molecule has 5 nitrogen and oxygen atoms in total. The summed E-state index contributed by atoms with van der Waals surface area (Å²) < 4.78 is 0. The van der Waals surface area contributed by atoms with E-state index in [-0.39, 0.29) is 18.5 Å². The normalized spacial score (nSPS) is 16.6. The molecule has 1 saturated carbocycles. The number of carbonyl (C=O) groups excluding carboxylic acids is 1. The van der Waals surface area contributed by atoms with Crippen molar-refractivity contribution in [2.45, 2.75) is 39.2 Å². The Labute approximate surface area is 95.8 Å². The zero-order valence-corrected chi connectivity index (χ0v) is 9.90. The summed E-state index contributed by atoms with van der Waals surface area (Å²) in [6, 6.07) is -0.471.